The summed E-state index contributed by atoms with van der Waals surface area (Å²) in [6.45, 7) is 3.73. The fourth-order valence-corrected chi connectivity index (χ4v) is 4.42. The standard InChI is InChI=1S/C15H16N2OS2/c1-2-12-8-18-9-13(12)7-11(1)14-10-20-15(16-14)17-3-5-19-6-4-17/h1-2,7,10H,3-6,8-9H2. The first-order chi connectivity index (χ1) is 9.90. The lowest BCUT2D eigenvalue weighted by molar-refractivity contribution is 0.134. The Bertz CT molecular complexity index is 620. The Morgan fingerprint density at radius 1 is 1.10 bits per heavy atom. The second kappa shape index (κ2) is 5.39. The van der Waals surface area contributed by atoms with E-state index in [0.29, 0.717) is 0 Å². The van der Waals surface area contributed by atoms with Crippen LogP contribution in [0.3, 0.4) is 0 Å². The van der Waals surface area contributed by atoms with Crippen molar-refractivity contribution < 1.29 is 4.74 Å². The molecule has 104 valence electrons. The van der Waals surface area contributed by atoms with E-state index < -0.39 is 0 Å². The Hall–Kier alpha value is -1.04. The lowest BCUT2D eigenvalue weighted by Crippen LogP contribution is -2.32. The van der Waals surface area contributed by atoms with Gasteiger partial charge in [-0.3, -0.25) is 0 Å². The van der Waals surface area contributed by atoms with Crippen LogP contribution in [0.2, 0.25) is 0 Å². The minimum atomic E-state index is 0.740. The van der Waals surface area contributed by atoms with Gasteiger partial charge in [-0.05, 0) is 17.2 Å². The molecule has 0 spiro atoms. The van der Waals surface area contributed by atoms with Crippen molar-refractivity contribution in [3.05, 3.63) is 34.7 Å². The fourth-order valence-electron chi connectivity index (χ4n) is 2.63. The molecule has 5 heteroatoms. The van der Waals surface area contributed by atoms with Crippen molar-refractivity contribution in [2.45, 2.75) is 13.2 Å². The monoisotopic (exact) mass is 304 g/mol. The van der Waals surface area contributed by atoms with Crippen molar-refractivity contribution in [2.24, 2.45) is 0 Å². The summed E-state index contributed by atoms with van der Waals surface area (Å²) in [5.41, 5.74) is 4.93. The summed E-state index contributed by atoms with van der Waals surface area (Å²) in [5, 5.41) is 3.34. The largest absolute Gasteiger partial charge is 0.372 e. The van der Waals surface area contributed by atoms with Gasteiger partial charge in [-0.2, -0.15) is 11.8 Å². The van der Waals surface area contributed by atoms with E-state index in [2.05, 4.69) is 28.5 Å². The molecule has 2 aliphatic heterocycles. The van der Waals surface area contributed by atoms with Gasteiger partial charge in [0.15, 0.2) is 5.13 Å². The quantitative estimate of drug-likeness (QED) is 0.849. The van der Waals surface area contributed by atoms with Gasteiger partial charge in [-0.1, -0.05) is 12.1 Å². The molecule has 1 aromatic heterocycles. The highest BCUT2D eigenvalue weighted by Gasteiger charge is 2.16. The molecule has 0 N–H and O–H groups in total. The van der Waals surface area contributed by atoms with E-state index in [1.54, 1.807) is 11.3 Å². The average molecular weight is 304 g/mol. The zero-order valence-corrected chi connectivity index (χ0v) is 12.8. The fraction of sp³-hybridized carbons (Fsp3) is 0.400. The number of thioether (sulfide) groups is 1. The molecule has 4 rings (SSSR count). The number of hydrogen-bond donors (Lipinski definition) is 0. The van der Waals surface area contributed by atoms with Crippen LogP contribution >= 0.6 is 23.1 Å². The normalized spacial score (nSPS) is 18.3. The average Bonchev–Trinajstić information content (AvgIpc) is 3.16. The number of anilines is 1. The first-order valence-electron chi connectivity index (χ1n) is 6.88. The Morgan fingerprint density at radius 3 is 2.85 bits per heavy atom. The predicted molar refractivity (Wildman–Crippen MR) is 85.6 cm³/mol. The topological polar surface area (TPSA) is 25.4 Å². The van der Waals surface area contributed by atoms with Gasteiger partial charge in [-0.15, -0.1) is 11.3 Å². The number of hydrogen-bond acceptors (Lipinski definition) is 5. The van der Waals surface area contributed by atoms with Gasteiger partial charge in [0.05, 0.1) is 18.9 Å². The number of thiazole rings is 1. The summed E-state index contributed by atoms with van der Waals surface area (Å²) in [6.07, 6.45) is 0. The van der Waals surface area contributed by atoms with E-state index in [-0.39, 0.29) is 0 Å². The molecule has 0 unspecified atom stereocenters. The number of aromatic nitrogens is 1. The van der Waals surface area contributed by atoms with Crippen LogP contribution in [-0.2, 0) is 18.0 Å². The van der Waals surface area contributed by atoms with Crippen LogP contribution < -0.4 is 4.90 Å². The SMILES string of the molecule is c1cc2c(cc1-c1csc(N3CCSCC3)n1)COC2. The van der Waals surface area contributed by atoms with E-state index >= 15 is 0 Å². The zero-order valence-electron chi connectivity index (χ0n) is 11.2. The van der Waals surface area contributed by atoms with Crippen molar-refractivity contribution >= 4 is 28.2 Å². The summed E-state index contributed by atoms with van der Waals surface area (Å²) < 4.78 is 5.48. The van der Waals surface area contributed by atoms with Crippen LogP contribution in [0.15, 0.2) is 23.6 Å². The molecule has 0 aliphatic carbocycles. The highest BCUT2D eigenvalue weighted by molar-refractivity contribution is 7.99. The Kier molecular flexibility index (Phi) is 3.42. The van der Waals surface area contributed by atoms with Gasteiger partial charge < -0.3 is 9.64 Å². The zero-order chi connectivity index (χ0) is 13.4. The Balaban J connectivity index is 1.61. The van der Waals surface area contributed by atoms with Crippen molar-refractivity contribution in [1.29, 1.82) is 0 Å². The first kappa shape index (κ1) is 12.7. The summed E-state index contributed by atoms with van der Waals surface area (Å²) in [5.74, 6) is 2.43. The number of rotatable bonds is 2. The van der Waals surface area contributed by atoms with Gasteiger partial charge in [0.1, 0.15) is 0 Å². The van der Waals surface area contributed by atoms with Gasteiger partial charge >= 0.3 is 0 Å². The maximum Gasteiger partial charge on any atom is 0.185 e. The predicted octanol–water partition coefficient (Wildman–Crippen LogP) is 3.39. The third kappa shape index (κ3) is 2.34. The second-order valence-corrected chi connectivity index (χ2v) is 7.15. The molecule has 3 heterocycles. The molecule has 20 heavy (non-hydrogen) atoms. The summed E-state index contributed by atoms with van der Waals surface area (Å²) in [4.78, 5) is 7.23. The third-order valence-electron chi connectivity index (χ3n) is 3.79. The van der Waals surface area contributed by atoms with Crippen LogP contribution in [0.5, 0.6) is 0 Å². The molecule has 0 saturated carbocycles. The van der Waals surface area contributed by atoms with Crippen LogP contribution in [0.1, 0.15) is 11.1 Å². The molecule has 2 aromatic rings. The molecular weight excluding hydrogens is 288 g/mol. The molecule has 0 amide bonds. The van der Waals surface area contributed by atoms with Crippen molar-refractivity contribution in [3.63, 3.8) is 0 Å². The number of nitrogens with zero attached hydrogens (tertiary/aromatic N) is 2. The maximum atomic E-state index is 5.48. The van der Waals surface area contributed by atoms with Crippen LogP contribution in [0.4, 0.5) is 5.13 Å². The van der Waals surface area contributed by atoms with Crippen LogP contribution in [0.25, 0.3) is 11.3 Å². The molecule has 3 nitrogen and oxygen atoms in total. The van der Waals surface area contributed by atoms with E-state index in [9.17, 15) is 0 Å². The van der Waals surface area contributed by atoms with E-state index in [4.69, 9.17) is 9.72 Å². The Morgan fingerprint density at radius 2 is 1.95 bits per heavy atom. The van der Waals surface area contributed by atoms with E-state index in [1.165, 1.54) is 28.2 Å². The number of benzene rings is 1. The van der Waals surface area contributed by atoms with Crippen molar-refractivity contribution in [3.8, 4) is 11.3 Å². The van der Waals surface area contributed by atoms with E-state index in [1.807, 2.05) is 11.8 Å². The lowest BCUT2D eigenvalue weighted by Gasteiger charge is -2.25. The van der Waals surface area contributed by atoms with Gasteiger partial charge in [0.25, 0.3) is 0 Å². The maximum absolute atomic E-state index is 5.48. The number of ether oxygens (including phenoxy) is 1. The molecule has 0 atom stereocenters. The molecule has 1 aromatic carbocycles. The second-order valence-electron chi connectivity index (χ2n) is 5.09. The lowest BCUT2D eigenvalue weighted by atomic mass is 10.1. The molecule has 0 bridgehead atoms. The number of fused-ring (bicyclic) bond motifs is 1. The van der Waals surface area contributed by atoms with E-state index in [0.717, 1.165) is 37.1 Å². The van der Waals surface area contributed by atoms with Gasteiger partial charge in [0.2, 0.25) is 0 Å². The van der Waals surface area contributed by atoms with Crippen molar-refractivity contribution in [2.75, 3.05) is 29.5 Å². The highest BCUT2D eigenvalue weighted by Crippen LogP contribution is 2.31. The third-order valence-corrected chi connectivity index (χ3v) is 5.63. The smallest absolute Gasteiger partial charge is 0.185 e. The summed E-state index contributed by atoms with van der Waals surface area (Å²) >= 11 is 3.79. The molecule has 0 radical (unpaired) electrons. The molecule has 1 saturated heterocycles. The first-order valence-corrected chi connectivity index (χ1v) is 8.92. The molecule has 1 fully saturated rings. The minimum absolute atomic E-state index is 0.740. The highest BCUT2D eigenvalue weighted by atomic mass is 32.2. The van der Waals surface area contributed by atoms with Gasteiger partial charge in [-0.25, -0.2) is 4.98 Å². The molecular formula is C15H16N2OS2. The van der Waals surface area contributed by atoms with Gasteiger partial charge in [0, 0.05) is 35.5 Å². The van der Waals surface area contributed by atoms with Crippen LogP contribution in [-0.4, -0.2) is 29.6 Å². The summed E-state index contributed by atoms with van der Waals surface area (Å²) in [7, 11) is 0. The van der Waals surface area contributed by atoms with Crippen LogP contribution in [0, 0.1) is 0 Å². The Labute approximate surface area is 127 Å². The molecule has 2 aliphatic rings. The van der Waals surface area contributed by atoms with Crippen molar-refractivity contribution in [1.82, 2.24) is 4.98 Å². The summed E-state index contributed by atoms with van der Waals surface area (Å²) in [6, 6.07) is 6.57. The minimum Gasteiger partial charge on any atom is -0.372 e.